The van der Waals surface area contributed by atoms with Crippen molar-refractivity contribution in [3.05, 3.63) is 72.1 Å². The number of aryl methyl sites for hydroxylation is 1. The zero-order chi connectivity index (χ0) is 19.3. The maximum Gasteiger partial charge on any atom is 0.217 e. The number of para-hydroxylation sites is 2. The van der Waals surface area contributed by atoms with E-state index < -0.39 is 0 Å². The standard InChI is InChI=1S/C23H25N3O2/c1-16(27)25-18-13-19(12-11-17-7-3-2-4-8-17)28-23(14-18)22-15-24-20-9-5-6-10-21(20)26-22/h2-10,15,18-19,23H,11-14H2,1H3,(H,25,27)/t18-,19+,23+/m0/s1. The zero-order valence-corrected chi connectivity index (χ0v) is 16.0. The molecule has 2 aromatic carbocycles. The van der Waals surface area contributed by atoms with Crippen LogP contribution < -0.4 is 5.32 Å². The lowest BCUT2D eigenvalue weighted by molar-refractivity contribution is -0.122. The van der Waals surface area contributed by atoms with Gasteiger partial charge in [-0.25, -0.2) is 4.98 Å². The first-order valence-corrected chi connectivity index (χ1v) is 9.85. The minimum Gasteiger partial charge on any atom is -0.368 e. The summed E-state index contributed by atoms with van der Waals surface area (Å²) < 4.78 is 6.40. The second kappa shape index (κ2) is 8.48. The maximum atomic E-state index is 11.6. The molecule has 0 saturated carbocycles. The first-order chi connectivity index (χ1) is 13.7. The number of carbonyl (C=O) groups is 1. The van der Waals surface area contributed by atoms with Gasteiger partial charge in [0, 0.05) is 13.0 Å². The summed E-state index contributed by atoms with van der Waals surface area (Å²) in [7, 11) is 0. The monoisotopic (exact) mass is 375 g/mol. The van der Waals surface area contributed by atoms with E-state index in [1.807, 2.05) is 30.3 Å². The van der Waals surface area contributed by atoms with E-state index in [1.165, 1.54) is 5.56 Å². The van der Waals surface area contributed by atoms with Gasteiger partial charge in [0.15, 0.2) is 0 Å². The smallest absolute Gasteiger partial charge is 0.217 e. The summed E-state index contributed by atoms with van der Waals surface area (Å²) in [6.45, 7) is 1.57. The highest BCUT2D eigenvalue weighted by molar-refractivity contribution is 5.74. The Morgan fingerprint density at radius 3 is 2.61 bits per heavy atom. The Kier molecular flexibility index (Phi) is 5.63. The fraction of sp³-hybridized carbons (Fsp3) is 0.348. The van der Waals surface area contributed by atoms with E-state index in [0.29, 0.717) is 6.42 Å². The molecule has 0 spiro atoms. The molecule has 0 bridgehead atoms. The molecule has 3 atom stereocenters. The number of rotatable bonds is 5. The number of nitrogens with zero attached hydrogens (tertiary/aromatic N) is 2. The van der Waals surface area contributed by atoms with Crippen molar-refractivity contribution in [3.63, 3.8) is 0 Å². The molecule has 1 aliphatic rings. The number of carbonyl (C=O) groups excluding carboxylic acids is 1. The van der Waals surface area contributed by atoms with Crippen molar-refractivity contribution in [3.8, 4) is 0 Å². The summed E-state index contributed by atoms with van der Waals surface area (Å²) in [5, 5.41) is 3.08. The molecule has 144 valence electrons. The third kappa shape index (κ3) is 4.54. The SMILES string of the molecule is CC(=O)N[C@H]1C[C@@H](CCc2ccccc2)O[C@@H](c2cnc3ccccc3n2)C1. The molecular formula is C23H25N3O2. The summed E-state index contributed by atoms with van der Waals surface area (Å²) >= 11 is 0. The van der Waals surface area contributed by atoms with Crippen molar-refractivity contribution in [2.45, 2.75) is 50.9 Å². The normalized spacial score (nSPS) is 22.1. The molecule has 4 rings (SSSR count). The molecule has 28 heavy (non-hydrogen) atoms. The topological polar surface area (TPSA) is 64.1 Å². The van der Waals surface area contributed by atoms with Crippen LogP contribution in [-0.4, -0.2) is 28.0 Å². The van der Waals surface area contributed by atoms with Crippen LogP contribution in [0.25, 0.3) is 11.0 Å². The first kappa shape index (κ1) is 18.6. The van der Waals surface area contributed by atoms with Gasteiger partial charge in [0.1, 0.15) is 6.10 Å². The van der Waals surface area contributed by atoms with E-state index in [1.54, 1.807) is 13.1 Å². The van der Waals surface area contributed by atoms with Gasteiger partial charge in [-0.3, -0.25) is 9.78 Å². The third-order valence-electron chi connectivity index (χ3n) is 5.20. The lowest BCUT2D eigenvalue weighted by atomic mass is 9.93. The van der Waals surface area contributed by atoms with Crippen molar-refractivity contribution in [2.24, 2.45) is 0 Å². The number of nitrogens with one attached hydrogen (secondary N) is 1. The average molecular weight is 375 g/mol. The number of hydrogen-bond donors (Lipinski definition) is 1. The van der Waals surface area contributed by atoms with Gasteiger partial charge in [0.05, 0.1) is 29.0 Å². The van der Waals surface area contributed by atoms with Gasteiger partial charge in [0.2, 0.25) is 5.91 Å². The number of aromatic nitrogens is 2. The number of ether oxygens (including phenoxy) is 1. The lowest BCUT2D eigenvalue weighted by Gasteiger charge is -2.35. The molecule has 0 radical (unpaired) electrons. The summed E-state index contributed by atoms with van der Waals surface area (Å²) in [5.41, 5.74) is 3.88. The van der Waals surface area contributed by atoms with Crippen LogP contribution in [0.15, 0.2) is 60.8 Å². The van der Waals surface area contributed by atoms with Crippen LogP contribution in [0.2, 0.25) is 0 Å². The first-order valence-electron chi connectivity index (χ1n) is 9.85. The highest BCUT2D eigenvalue weighted by Gasteiger charge is 2.31. The largest absolute Gasteiger partial charge is 0.368 e. The van der Waals surface area contributed by atoms with Gasteiger partial charge >= 0.3 is 0 Å². The van der Waals surface area contributed by atoms with Gasteiger partial charge in [-0.1, -0.05) is 42.5 Å². The van der Waals surface area contributed by atoms with Crippen LogP contribution >= 0.6 is 0 Å². The second-order valence-corrected chi connectivity index (χ2v) is 7.42. The van der Waals surface area contributed by atoms with E-state index in [0.717, 1.165) is 36.0 Å². The van der Waals surface area contributed by atoms with Crippen LogP contribution in [0.5, 0.6) is 0 Å². The van der Waals surface area contributed by atoms with Crippen molar-refractivity contribution < 1.29 is 9.53 Å². The Morgan fingerprint density at radius 1 is 1.07 bits per heavy atom. The van der Waals surface area contributed by atoms with E-state index >= 15 is 0 Å². The molecule has 1 N–H and O–H groups in total. The molecule has 5 nitrogen and oxygen atoms in total. The summed E-state index contributed by atoms with van der Waals surface area (Å²) in [6.07, 6.45) is 5.12. The van der Waals surface area contributed by atoms with Gasteiger partial charge in [-0.05, 0) is 43.4 Å². The van der Waals surface area contributed by atoms with E-state index in [9.17, 15) is 4.79 Å². The summed E-state index contributed by atoms with van der Waals surface area (Å²) in [5.74, 6) is -0.00273. The Bertz CT molecular complexity index is 945. The van der Waals surface area contributed by atoms with E-state index in [2.05, 4.69) is 34.6 Å². The molecule has 0 unspecified atom stereocenters. The second-order valence-electron chi connectivity index (χ2n) is 7.42. The van der Waals surface area contributed by atoms with Gasteiger partial charge in [-0.2, -0.15) is 0 Å². The Hall–Kier alpha value is -2.79. The molecule has 3 aromatic rings. The molecule has 0 aliphatic carbocycles. The average Bonchev–Trinajstić information content (AvgIpc) is 2.72. The summed E-state index contributed by atoms with van der Waals surface area (Å²) in [4.78, 5) is 20.9. The Morgan fingerprint density at radius 2 is 1.82 bits per heavy atom. The fourth-order valence-corrected chi connectivity index (χ4v) is 3.90. The Balaban J connectivity index is 1.51. The quantitative estimate of drug-likeness (QED) is 0.732. The molecule has 1 saturated heterocycles. The molecule has 5 heteroatoms. The molecule has 1 amide bonds. The van der Waals surface area contributed by atoms with Gasteiger partial charge in [-0.15, -0.1) is 0 Å². The van der Waals surface area contributed by atoms with Crippen molar-refractivity contribution >= 4 is 16.9 Å². The molecule has 1 aliphatic heterocycles. The van der Waals surface area contributed by atoms with Crippen molar-refractivity contribution in [1.29, 1.82) is 0 Å². The highest BCUT2D eigenvalue weighted by Crippen LogP contribution is 2.32. The van der Waals surface area contributed by atoms with Crippen LogP contribution in [0.3, 0.4) is 0 Å². The van der Waals surface area contributed by atoms with Crippen molar-refractivity contribution in [1.82, 2.24) is 15.3 Å². The highest BCUT2D eigenvalue weighted by atomic mass is 16.5. The minimum absolute atomic E-state index is 0.00273. The van der Waals surface area contributed by atoms with Gasteiger partial charge < -0.3 is 10.1 Å². The molecule has 1 aromatic heterocycles. The maximum absolute atomic E-state index is 11.6. The third-order valence-corrected chi connectivity index (χ3v) is 5.20. The van der Waals surface area contributed by atoms with Crippen LogP contribution in [-0.2, 0) is 16.0 Å². The molecule has 1 fully saturated rings. The van der Waals surface area contributed by atoms with E-state index in [4.69, 9.17) is 9.72 Å². The van der Waals surface area contributed by atoms with Crippen molar-refractivity contribution in [2.75, 3.05) is 0 Å². The fourth-order valence-electron chi connectivity index (χ4n) is 3.90. The van der Waals surface area contributed by atoms with Gasteiger partial charge in [0.25, 0.3) is 0 Å². The predicted molar refractivity (Wildman–Crippen MR) is 109 cm³/mol. The summed E-state index contributed by atoms with van der Waals surface area (Å²) in [6, 6.07) is 18.4. The van der Waals surface area contributed by atoms with Crippen LogP contribution in [0, 0.1) is 0 Å². The number of hydrogen-bond acceptors (Lipinski definition) is 4. The van der Waals surface area contributed by atoms with Crippen LogP contribution in [0.4, 0.5) is 0 Å². The predicted octanol–water partition coefficient (Wildman–Crippen LogP) is 3.99. The number of benzene rings is 2. The number of fused-ring (bicyclic) bond motifs is 1. The minimum atomic E-state index is -0.163. The number of amides is 1. The molecular weight excluding hydrogens is 350 g/mol. The molecule has 2 heterocycles. The lowest BCUT2D eigenvalue weighted by Crippen LogP contribution is -2.42. The Labute approximate surface area is 165 Å². The zero-order valence-electron chi connectivity index (χ0n) is 16.0. The van der Waals surface area contributed by atoms with E-state index in [-0.39, 0.29) is 24.2 Å². The van der Waals surface area contributed by atoms with Crippen LogP contribution in [0.1, 0.15) is 43.5 Å².